The molecule has 0 heterocycles. The molecule has 0 amide bonds. The maximum atomic E-state index is 15.1. The van der Waals surface area contributed by atoms with E-state index in [1.807, 2.05) is 0 Å². The first-order valence-corrected chi connectivity index (χ1v) is 17.6. The van der Waals surface area contributed by atoms with Gasteiger partial charge in [-0.15, -0.1) is 0 Å². The molecule has 2 atom stereocenters. The molecule has 0 saturated heterocycles. The SMILES string of the molecule is C=CC(=O)OCC(COc1ccc(C(c2ccc(OCCCOC(F)(/C(F)=C(F)/C(F)=C(F)/C(F)=C(F)/C(F)=C(\F)CF)C(F)(F)C(F)(F)F)cc2)(C(F)(F)F)C(F)(F)F)cc1)OC(=O)C=C. The monoisotopic (exact) mass is 1010 g/mol. The second-order valence-corrected chi connectivity index (χ2v) is 12.7. The molecule has 0 aliphatic carbocycles. The number of ether oxygens (including phenoxy) is 5. The van der Waals surface area contributed by atoms with Crippen molar-refractivity contribution in [2.45, 2.75) is 48.2 Å². The maximum Gasteiger partial charge on any atom is 0.460 e. The number of alkyl halides is 13. The van der Waals surface area contributed by atoms with Crippen molar-refractivity contribution in [3.05, 3.63) is 132 Å². The molecule has 0 aliphatic heterocycles. The summed E-state index contributed by atoms with van der Waals surface area (Å²) in [6.45, 7) is -0.711. The van der Waals surface area contributed by atoms with Crippen molar-refractivity contribution in [2.24, 2.45) is 0 Å². The van der Waals surface area contributed by atoms with Crippen molar-refractivity contribution >= 4 is 11.9 Å². The van der Waals surface area contributed by atoms with Crippen molar-refractivity contribution in [2.75, 3.05) is 33.1 Å². The van der Waals surface area contributed by atoms with Gasteiger partial charge in [0.15, 0.2) is 29.4 Å². The lowest BCUT2D eigenvalue weighted by molar-refractivity contribution is -0.375. The summed E-state index contributed by atoms with van der Waals surface area (Å²) in [5, 5.41) is 0. The molecule has 0 bridgehead atoms. The lowest BCUT2D eigenvalue weighted by Crippen LogP contribution is -2.56. The van der Waals surface area contributed by atoms with Gasteiger partial charge in [-0.05, 0) is 35.4 Å². The highest BCUT2D eigenvalue weighted by molar-refractivity contribution is 5.82. The highest BCUT2D eigenvalue weighted by atomic mass is 19.4. The van der Waals surface area contributed by atoms with Gasteiger partial charge in [0.05, 0.1) is 13.2 Å². The van der Waals surface area contributed by atoms with E-state index in [1.165, 1.54) is 0 Å². The van der Waals surface area contributed by atoms with Crippen LogP contribution in [0.4, 0.5) is 92.2 Å². The first-order valence-electron chi connectivity index (χ1n) is 17.6. The Hall–Kier alpha value is -6.09. The van der Waals surface area contributed by atoms with E-state index >= 15 is 4.39 Å². The van der Waals surface area contributed by atoms with E-state index in [0.29, 0.717) is 42.5 Å². The molecule has 0 spiro atoms. The average Bonchev–Trinajstić information content (AvgIpc) is 3.26. The average molecular weight is 1010 g/mol. The van der Waals surface area contributed by atoms with Crippen LogP contribution in [0.3, 0.4) is 0 Å². The molecule has 0 radical (unpaired) electrons. The Bertz CT molecular complexity index is 2190. The highest BCUT2D eigenvalue weighted by Gasteiger charge is 2.76. The van der Waals surface area contributed by atoms with Gasteiger partial charge in [-0.2, -0.15) is 52.7 Å². The van der Waals surface area contributed by atoms with Gasteiger partial charge < -0.3 is 23.7 Å². The third kappa shape index (κ3) is 12.9. The van der Waals surface area contributed by atoms with Crippen molar-refractivity contribution in [3.8, 4) is 11.5 Å². The summed E-state index contributed by atoms with van der Waals surface area (Å²) in [5.74, 6) is -46.6. The fraction of sp³-hybridized carbons (Fsp3) is 0.333. The minimum atomic E-state index is -7.29. The van der Waals surface area contributed by atoms with Crippen molar-refractivity contribution in [1.29, 1.82) is 0 Å². The fourth-order valence-corrected chi connectivity index (χ4v) is 5.07. The topological polar surface area (TPSA) is 80.3 Å². The molecule has 372 valence electrons. The summed E-state index contributed by atoms with van der Waals surface area (Å²) in [7, 11) is 0. The Kier molecular flexibility index (Phi) is 19.2. The molecule has 2 aromatic rings. The second kappa shape index (κ2) is 22.6. The van der Waals surface area contributed by atoms with Crippen LogP contribution in [0.25, 0.3) is 0 Å². The normalized spacial score (nSPS) is 15.7. The predicted molar refractivity (Wildman–Crippen MR) is 186 cm³/mol. The highest BCUT2D eigenvalue weighted by Crippen LogP contribution is 2.57. The van der Waals surface area contributed by atoms with Crippen LogP contribution in [-0.2, 0) is 29.2 Å². The van der Waals surface area contributed by atoms with E-state index < -0.39 is 163 Å². The van der Waals surface area contributed by atoms with Crippen LogP contribution in [-0.4, -0.2) is 81.5 Å². The van der Waals surface area contributed by atoms with E-state index in [-0.39, 0.29) is 12.1 Å². The lowest BCUT2D eigenvalue weighted by atomic mass is 9.73. The number of rotatable bonds is 22. The van der Waals surface area contributed by atoms with Crippen LogP contribution in [0.2, 0.25) is 0 Å². The van der Waals surface area contributed by atoms with Crippen molar-refractivity contribution in [3.63, 3.8) is 0 Å². The first-order chi connectivity index (χ1) is 30.8. The molecule has 28 heteroatoms. The maximum absolute atomic E-state index is 15.1. The molecule has 67 heavy (non-hydrogen) atoms. The van der Waals surface area contributed by atoms with Crippen molar-refractivity contribution in [1.82, 2.24) is 0 Å². The number of allylic oxidation sites excluding steroid dienone is 7. The Labute approximate surface area is 362 Å². The summed E-state index contributed by atoms with van der Waals surface area (Å²) >= 11 is 0. The van der Waals surface area contributed by atoms with E-state index in [1.54, 1.807) is 0 Å². The quantitative estimate of drug-likeness (QED) is 0.0382. The van der Waals surface area contributed by atoms with Crippen LogP contribution in [0, 0.1) is 0 Å². The molecule has 2 unspecified atom stereocenters. The van der Waals surface area contributed by atoms with Crippen LogP contribution in [0.1, 0.15) is 17.5 Å². The smallest absolute Gasteiger partial charge is 0.460 e. The fourth-order valence-electron chi connectivity index (χ4n) is 5.07. The largest absolute Gasteiger partial charge is 0.494 e. The van der Waals surface area contributed by atoms with E-state index in [2.05, 4.69) is 17.9 Å². The van der Waals surface area contributed by atoms with Gasteiger partial charge in [0.2, 0.25) is 28.7 Å². The second-order valence-electron chi connectivity index (χ2n) is 12.7. The number of hydrogen-bond donors (Lipinski definition) is 0. The number of benzene rings is 2. The van der Waals surface area contributed by atoms with Crippen LogP contribution in [0.5, 0.6) is 11.5 Å². The molecule has 2 rings (SSSR count). The molecular weight excluding hydrogens is 979 g/mol. The Morgan fingerprint density at radius 1 is 0.552 bits per heavy atom. The van der Waals surface area contributed by atoms with Gasteiger partial charge in [0.25, 0.3) is 0 Å². The van der Waals surface area contributed by atoms with Crippen LogP contribution < -0.4 is 9.47 Å². The molecule has 0 aliphatic rings. The zero-order chi connectivity index (χ0) is 51.5. The zero-order valence-corrected chi connectivity index (χ0v) is 32.8. The number of halogens is 21. The first kappa shape index (κ1) is 57.0. The van der Waals surface area contributed by atoms with Crippen LogP contribution in [0.15, 0.2) is 120 Å². The predicted octanol–water partition coefficient (Wildman–Crippen LogP) is 12.5. The van der Waals surface area contributed by atoms with Gasteiger partial charge in [0, 0.05) is 18.6 Å². The number of hydrogen-bond acceptors (Lipinski definition) is 7. The number of carbonyl (C=O) groups is 2. The summed E-state index contributed by atoms with van der Waals surface area (Å²) < 4.78 is 316. The molecule has 0 aromatic heterocycles. The molecular formula is C39H27F21O7. The third-order valence-corrected chi connectivity index (χ3v) is 8.30. The summed E-state index contributed by atoms with van der Waals surface area (Å²) in [6, 6.07) is 3.33. The Morgan fingerprint density at radius 2 is 0.985 bits per heavy atom. The minimum absolute atomic E-state index is 0.215. The van der Waals surface area contributed by atoms with Gasteiger partial charge in [-0.1, -0.05) is 37.4 Å². The minimum Gasteiger partial charge on any atom is -0.494 e. The molecule has 0 fully saturated rings. The van der Waals surface area contributed by atoms with Gasteiger partial charge >= 0.3 is 42.2 Å². The lowest BCUT2D eigenvalue weighted by Gasteiger charge is -2.38. The molecule has 2 aromatic carbocycles. The Morgan fingerprint density at radius 3 is 1.40 bits per heavy atom. The van der Waals surface area contributed by atoms with Gasteiger partial charge in [-0.3, -0.25) is 0 Å². The van der Waals surface area contributed by atoms with Crippen LogP contribution >= 0.6 is 0 Å². The summed E-state index contributed by atoms with van der Waals surface area (Å²) in [5.41, 5.74) is -7.84. The number of esters is 2. The van der Waals surface area contributed by atoms with E-state index in [4.69, 9.17) is 18.9 Å². The molecule has 0 saturated carbocycles. The number of carbonyl (C=O) groups excluding carboxylic acids is 2. The van der Waals surface area contributed by atoms with Gasteiger partial charge in [-0.25, -0.2) is 49.1 Å². The Balaban J connectivity index is 2.41. The van der Waals surface area contributed by atoms with E-state index in [9.17, 15) is 97.4 Å². The zero-order valence-electron chi connectivity index (χ0n) is 32.8. The molecule has 0 N–H and O–H groups in total. The van der Waals surface area contributed by atoms with Crippen molar-refractivity contribution < 1.29 is 125 Å². The summed E-state index contributed by atoms with van der Waals surface area (Å²) in [4.78, 5) is 23.0. The standard InChI is InChI=1S/C39H27F21O7/c1-3-25(61)65-18-23(67-26(62)4-2)17-64-22-12-8-20(9-13-22)34(37(52,53)54,38(55,56)57)19-6-10-21(11-7-19)63-14-5-15-66-35(49,36(50,51)39(58,59)60)33(48)32(47)31(46)30(45)29(44)28(43)27(42)24(41)16-40/h3-4,6-13,23H,1-2,5,14-18H2/b27-24+,29-28+,31-30+,33-32+. The third-order valence-electron chi connectivity index (χ3n) is 8.30. The van der Waals surface area contributed by atoms with E-state index in [0.717, 1.165) is 6.08 Å². The molecule has 7 nitrogen and oxygen atoms in total. The summed E-state index contributed by atoms with van der Waals surface area (Å²) in [6.07, 6.45) is -20.8. The van der Waals surface area contributed by atoms with Gasteiger partial charge in [0.1, 0.15) is 31.4 Å².